The molecule has 0 saturated carbocycles. The van der Waals surface area contributed by atoms with Crippen LogP contribution >= 0.6 is 24.0 Å². The molecule has 1 aliphatic heterocycles. The fraction of sp³-hybridized carbons (Fsp3) is 0.435. The molecule has 170 valence electrons. The Labute approximate surface area is 203 Å². The first kappa shape index (κ1) is 25.6. The molecule has 0 aliphatic carbocycles. The molecule has 1 atom stereocenters. The molecule has 0 amide bonds. The number of fused-ring (bicyclic) bond motifs is 1. The first-order valence-corrected chi connectivity index (χ1v) is 12.3. The molecule has 2 N–H and O–H groups in total. The van der Waals surface area contributed by atoms with E-state index in [0.29, 0.717) is 10.9 Å². The molecule has 2 aromatic carbocycles. The Kier molecular flexibility index (Phi) is 9.77. The molecule has 0 bridgehead atoms. The van der Waals surface area contributed by atoms with E-state index in [4.69, 9.17) is 0 Å². The Morgan fingerprint density at radius 2 is 1.77 bits per heavy atom. The lowest BCUT2D eigenvalue weighted by molar-refractivity contribution is 0.191. The van der Waals surface area contributed by atoms with Crippen LogP contribution in [-0.2, 0) is 29.2 Å². The monoisotopic (exact) mass is 556 g/mol. The standard InChI is InChI=1S/C23H32N4O2S.HI/c1-18(27-15-13-20-6-4-5-7-21(20)17-27)16-26-23(24-2)25-14-12-19-8-10-22(11-9-19)30(3,28)29;/h4-11,18H,12-17H2,1-3H3,(H2,24,25,26);1H. The Bertz CT molecular complexity index is 977. The number of aliphatic imine (C=N–C) groups is 1. The number of guanidine groups is 1. The van der Waals surface area contributed by atoms with Crippen LogP contribution in [0.1, 0.15) is 23.6 Å². The van der Waals surface area contributed by atoms with Gasteiger partial charge in [-0.2, -0.15) is 0 Å². The van der Waals surface area contributed by atoms with Crippen LogP contribution in [0, 0.1) is 0 Å². The third kappa shape index (κ3) is 7.47. The fourth-order valence-corrected chi connectivity index (χ4v) is 4.35. The van der Waals surface area contributed by atoms with Gasteiger partial charge in [0.1, 0.15) is 0 Å². The molecule has 6 nitrogen and oxygen atoms in total. The smallest absolute Gasteiger partial charge is 0.191 e. The van der Waals surface area contributed by atoms with Crippen molar-refractivity contribution in [3.05, 3.63) is 65.2 Å². The number of nitrogens with zero attached hydrogens (tertiary/aromatic N) is 2. The molecule has 1 heterocycles. The predicted octanol–water partition coefficient (Wildman–Crippen LogP) is 2.86. The molecule has 1 aliphatic rings. The Morgan fingerprint density at radius 3 is 2.42 bits per heavy atom. The SMILES string of the molecule is CN=C(NCCc1ccc(S(C)(=O)=O)cc1)NCC(C)N1CCc2ccccc2C1.I. The maximum absolute atomic E-state index is 11.5. The minimum absolute atomic E-state index is 0. The third-order valence-corrected chi connectivity index (χ3v) is 6.76. The van der Waals surface area contributed by atoms with E-state index < -0.39 is 9.84 Å². The topological polar surface area (TPSA) is 73.8 Å². The van der Waals surface area contributed by atoms with E-state index in [9.17, 15) is 8.42 Å². The van der Waals surface area contributed by atoms with Crippen molar-refractivity contribution in [2.24, 2.45) is 4.99 Å². The van der Waals surface area contributed by atoms with Crippen LogP contribution in [0.2, 0.25) is 0 Å². The summed E-state index contributed by atoms with van der Waals surface area (Å²) in [4.78, 5) is 7.17. The van der Waals surface area contributed by atoms with Crippen molar-refractivity contribution >= 4 is 39.8 Å². The molecule has 8 heteroatoms. The summed E-state index contributed by atoms with van der Waals surface area (Å²) in [6.07, 6.45) is 3.12. The molecular formula is C23H33IN4O2S. The average Bonchev–Trinajstić information content (AvgIpc) is 2.75. The van der Waals surface area contributed by atoms with Crippen LogP contribution in [0.25, 0.3) is 0 Å². The highest BCUT2D eigenvalue weighted by atomic mass is 127. The molecule has 0 aromatic heterocycles. The van der Waals surface area contributed by atoms with Crippen molar-refractivity contribution < 1.29 is 8.42 Å². The molecule has 0 saturated heterocycles. The summed E-state index contributed by atoms with van der Waals surface area (Å²) < 4.78 is 23.1. The van der Waals surface area contributed by atoms with Crippen LogP contribution in [0.3, 0.4) is 0 Å². The van der Waals surface area contributed by atoms with Crippen molar-refractivity contribution in [3.63, 3.8) is 0 Å². The zero-order valence-corrected chi connectivity index (χ0v) is 21.6. The van der Waals surface area contributed by atoms with Crippen LogP contribution in [0.4, 0.5) is 0 Å². The van der Waals surface area contributed by atoms with Gasteiger partial charge in [-0.1, -0.05) is 36.4 Å². The highest BCUT2D eigenvalue weighted by molar-refractivity contribution is 14.0. The van der Waals surface area contributed by atoms with E-state index >= 15 is 0 Å². The number of rotatable bonds is 7. The average molecular weight is 557 g/mol. The van der Waals surface area contributed by atoms with E-state index in [1.54, 1.807) is 19.2 Å². The number of hydrogen-bond acceptors (Lipinski definition) is 4. The van der Waals surface area contributed by atoms with Crippen molar-refractivity contribution in [2.45, 2.75) is 37.2 Å². The minimum atomic E-state index is -3.15. The van der Waals surface area contributed by atoms with E-state index in [-0.39, 0.29) is 24.0 Å². The maximum atomic E-state index is 11.5. The summed E-state index contributed by atoms with van der Waals surface area (Å²) in [5.74, 6) is 0.784. The number of hydrogen-bond donors (Lipinski definition) is 2. The van der Waals surface area contributed by atoms with Gasteiger partial charge in [-0.25, -0.2) is 8.42 Å². The van der Waals surface area contributed by atoms with Gasteiger partial charge in [-0.15, -0.1) is 24.0 Å². The first-order chi connectivity index (χ1) is 14.4. The first-order valence-electron chi connectivity index (χ1n) is 10.4. The molecular weight excluding hydrogens is 523 g/mol. The van der Waals surface area contributed by atoms with Gasteiger partial charge in [0.25, 0.3) is 0 Å². The quantitative estimate of drug-likeness (QED) is 0.312. The zero-order valence-electron chi connectivity index (χ0n) is 18.5. The summed E-state index contributed by atoms with van der Waals surface area (Å²) in [6.45, 7) is 5.87. The van der Waals surface area contributed by atoms with Gasteiger partial charge in [0.2, 0.25) is 0 Å². The Balaban J connectivity index is 0.00000341. The van der Waals surface area contributed by atoms with Crippen molar-refractivity contribution in [3.8, 4) is 0 Å². The highest BCUT2D eigenvalue weighted by Crippen LogP contribution is 2.19. The van der Waals surface area contributed by atoms with E-state index in [0.717, 1.165) is 50.5 Å². The van der Waals surface area contributed by atoms with Gasteiger partial charge in [-0.05, 0) is 48.6 Å². The highest BCUT2D eigenvalue weighted by Gasteiger charge is 2.20. The number of sulfone groups is 1. The maximum Gasteiger partial charge on any atom is 0.191 e. The van der Waals surface area contributed by atoms with Gasteiger partial charge in [-0.3, -0.25) is 9.89 Å². The predicted molar refractivity (Wildman–Crippen MR) is 138 cm³/mol. The summed E-state index contributed by atoms with van der Waals surface area (Å²) in [7, 11) is -1.37. The fourth-order valence-electron chi connectivity index (χ4n) is 3.72. The summed E-state index contributed by atoms with van der Waals surface area (Å²) >= 11 is 0. The lowest BCUT2D eigenvalue weighted by Crippen LogP contribution is -2.47. The second kappa shape index (κ2) is 11.8. The largest absolute Gasteiger partial charge is 0.356 e. The molecule has 31 heavy (non-hydrogen) atoms. The van der Waals surface area contributed by atoms with Crippen LogP contribution in [0.15, 0.2) is 58.4 Å². The summed E-state index contributed by atoms with van der Waals surface area (Å²) in [5.41, 5.74) is 3.99. The van der Waals surface area contributed by atoms with E-state index in [2.05, 4.69) is 51.7 Å². The van der Waals surface area contributed by atoms with E-state index in [1.807, 2.05) is 12.1 Å². The molecule has 2 aromatic rings. The van der Waals surface area contributed by atoms with Gasteiger partial charge < -0.3 is 10.6 Å². The van der Waals surface area contributed by atoms with Gasteiger partial charge in [0, 0.05) is 45.5 Å². The van der Waals surface area contributed by atoms with Gasteiger partial charge in [0.05, 0.1) is 4.90 Å². The number of nitrogens with one attached hydrogen (secondary N) is 2. The Morgan fingerprint density at radius 1 is 1.10 bits per heavy atom. The normalized spacial score (nSPS) is 15.5. The molecule has 1 unspecified atom stereocenters. The third-order valence-electron chi connectivity index (χ3n) is 5.63. The lowest BCUT2D eigenvalue weighted by atomic mass is 9.99. The van der Waals surface area contributed by atoms with Crippen LogP contribution < -0.4 is 10.6 Å². The Hall–Kier alpha value is -1.65. The molecule has 3 rings (SSSR count). The van der Waals surface area contributed by atoms with Crippen LogP contribution in [0.5, 0.6) is 0 Å². The van der Waals surface area contributed by atoms with Crippen molar-refractivity contribution in [2.75, 3.05) is 32.9 Å². The molecule has 0 fully saturated rings. The second-order valence-electron chi connectivity index (χ2n) is 7.88. The van der Waals surface area contributed by atoms with Crippen LogP contribution in [-0.4, -0.2) is 58.3 Å². The number of halogens is 1. The lowest BCUT2D eigenvalue weighted by Gasteiger charge is -2.34. The molecule has 0 radical (unpaired) electrons. The minimum Gasteiger partial charge on any atom is -0.356 e. The van der Waals surface area contributed by atoms with E-state index in [1.165, 1.54) is 17.4 Å². The second-order valence-corrected chi connectivity index (χ2v) is 9.90. The van der Waals surface area contributed by atoms with Crippen molar-refractivity contribution in [1.29, 1.82) is 0 Å². The van der Waals surface area contributed by atoms with Crippen molar-refractivity contribution in [1.82, 2.24) is 15.5 Å². The number of benzene rings is 2. The van der Waals surface area contributed by atoms with Gasteiger partial charge >= 0.3 is 0 Å². The van der Waals surface area contributed by atoms with Gasteiger partial charge in [0.15, 0.2) is 15.8 Å². The molecule has 0 spiro atoms. The summed E-state index contributed by atoms with van der Waals surface area (Å²) in [6, 6.07) is 16.2. The zero-order chi connectivity index (χ0) is 21.6. The summed E-state index contributed by atoms with van der Waals surface area (Å²) in [5, 5.41) is 6.76.